The van der Waals surface area contributed by atoms with E-state index in [9.17, 15) is 9.59 Å². The third-order valence-corrected chi connectivity index (χ3v) is 4.40. The SMILES string of the molecule is N#Cc1ccc(C(=O)OCC(=O)N[C@@H](Cc2ccccc2)c2ccccc2)cc1. The molecule has 0 aliphatic rings. The van der Waals surface area contributed by atoms with Gasteiger partial charge in [-0.25, -0.2) is 4.79 Å². The molecule has 0 aromatic heterocycles. The minimum Gasteiger partial charge on any atom is -0.452 e. The van der Waals surface area contributed by atoms with Crippen molar-refractivity contribution in [2.75, 3.05) is 6.61 Å². The number of ether oxygens (including phenoxy) is 1. The normalized spacial score (nSPS) is 11.1. The second-order valence-electron chi connectivity index (χ2n) is 6.49. The highest BCUT2D eigenvalue weighted by atomic mass is 16.5. The van der Waals surface area contributed by atoms with Gasteiger partial charge in [0.2, 0.25) is 0 Å². The number of amides is 1. The van der Waals surface area contributed by atoms with Crippen LogP contribution in [0.5, 0.6) is 0 Å². The summed E-state index contributed by atoms with van der Waals surface area (Å²) in [7, 11) is 0. The fourth-order valence-electron chi connectivity index (χ4n) is 2.92. The van der Waals surface area contributed by atoms with E-state index in [0.717, 1.165) is 11.1 Å². The summed E-state index contributed by atoms with van der Waals surface area (Å²) in [5, 5.41) is 11.8. The number of hydrogen-bond donors (Lipinski definition) is 1. The molecule has 0 bridgehead atoms. The highest BCUT2D eigenvalue weighted by molar-refractivity contribution is 5.91. The van der Waals surface area contributed by atoms with Crippen molar-refractivity contribution in [2.45, 2.75) is 12.5 Å². The van der Waals surface area contributed by atoms with Crippen LogP contribution in [0.1, 0.15) is 33.1 Å². The largest absolute Gasteiger partial charge is 0.452 e. The fourth-order valence-corrected chi connectivity index (χ4v) is 2.92. The van der Waals surface area contributed by atoms with Crippen molar-refractivity contribution in [3.05, 3.63) is 107 Å². The molecule has 1 atom stereocenters. The average Bonchev–Trinajstić information content (AvgIpc) is 2.78. The molecule has 3 aromatic rings. The van der Waals surface area contributed by atoms with Gasteiger partial charge < -0.3 is 10.1 Å². The molecular weight excluding hydrogens is 364 g/mol. The lowest BCUT2D eigenvalue weighted by Crippen LogP contribution is -2.33. The first-order chi connectivity index (χ1) is 14.2. The van der Waals surface area contributed by atoms with Gasteiger partial charge in [0.1, 0.15) is 0 Å². The van der Waals surface area contributed by atoms with Crippen LogP contribution in [0.3, 0.4) is 0 Å². The maximum absolute atomic E-state index is 12.4. The highest BCUT2D eigenvalue weighted by Gasteiger charge is 2.17. The zero-order chi connectivity index (χ0) is 20.5. The highest BCUT2D eigenvalue weighted by Crippen LogP contribution is 2.18. The molecule has 3 aromatic carbocycles. The van der Waals surface area contributed by atoms with Gasteiger partial charge in [-0.05, 0) is 41.8 Å². The second kappa shape index (κ2) is 9.86. The number of nitrogens with one attached hydrogen (secondary N) is 1. The number of benzene rings is 3. The Morgan fingerprint density at radius 3 is 2.14 bits per heavy atom. The molecule has 144 valence electrons. The van der Waals surface area contributed by atoms with E-state index < -0.39 is 5.97 Å². The van der Waals surface area contributed by atoms with Gasteiger partial charge in [-0.1, -0.05) is 60.7 Å². The Morgan fingerprint density at radius 2 is 1.52 bits per heavy atom. The van der Waals surface area contributed by atoms with Crippen LogP contribution in [-0.4, -0.2) is 18.5 Å². The van der Waals surface area contributed by atoms with Crippen molar-refractivity contribution in [3.63, 3.8) is 0 Å². The minimum atomic E-state index is -0.607. The summed E-state index contributed by atoms with van der Waals surface area (Å²) in [5.41, 5.74) is 2.81. The lowest BCUT2D eigenvalue weighted by molar-refractivity contribution is -0.125. The number of carbonyl (C=O) groups is 2. The summed E-state index contributed by atoms with van der Waals surface area (Å²) < 4.78 is 5.12. The number of esters is 1. The molecule has 29 heavy (non-hydrogen) atoms. The van der Waals surface area contributed by atoms with Crippen molar-refractivity contribution in [1.82, 2.24) is 5.32 Å². The molecule has 0 radical (unpaired) electrons. The maximum atomic E-state index is 12.4. The smallest absolute Gasteiger partial charge is 0.338 e. The van der Waals surface area contributed by atoms with Crippen LogP contribution in [0.15, 0.2) is 84.9 Å². The molecule has 0 fully saturated rings. The Kier molecular flexibility index (Phi) is 6.75. The number of nitrogens with zero attached hydrogens (tertiary/aromatic N) is 1. The monoisotopic (exact) mass is 384 g/mol. The van der Waals surface area contributed by atoms with Gasteiger partial charge in [0, 0.05) is 0 Å². The van der Waals surface area contributed by atoms with E-state index in [1.54, 1.807) is 0 Å². The zero-order valence-electron chi connectivity index (χ0n) is 15.7. The van der Waals surface area contributed by atoms with E-state index in [1.807, 2.05) is 66.7 Å². The Labute approximate surface area is 169 Å². The Bertz CT molecular complexity index is 994. The molecular formula is C24H20N2O3. The van der Waals surface area contributed by atoms with Crippen LogP contribution in [-0.2, 0) is 16.0 Å². The van der Waals surface area contributed by atoms with E-state index in [0.29, 0.717) is 17.5 Å². The molecule has 5 nitrogen and oxygen atoms in total. The van der Waals surface area contributed by atoms with Crippen LogP contribution < -0.4 is 5.32 Å². The Balaban J connectivity index is 1.62. The standard InChI is InChI=1S/C24H20N2O3/c25-16-19-11-13-21(14-12-19)24(28)29-17-23(27)26-22(20-9-5-2-6-10-20)15-18-7-3-1-4-8-18/h1-14,22H,15,17H2,(H,26,27)/t22-/m0/s1. The van der Waals surface area contributed by atoms with Gasteiger partial charge in [0.05, 0.1) is 23.2 Å². The van der Waals surface area contributed by atoms with E-state index in [-0.39, 0.29) is 18.6 Å². The topological polar surface area (TPSA) is 79.2 Å². The molecule has 0 aliphatic heterocycles. The van der Waals surface area contributed by atoms with E-state index in [4.69, 9.17) is 10.00 Å². The molecule has 0 spiro atoms. The van der Waals surface area contributed by atoms with Gasteiger partial charge in [0.25, 0.3) is 5.91 Å². The van der Waals surface area contributed by atoms with Gasteiger partial charge in [0.15, 0.2) is 6.61 Å². The summed E-state index contributed by atoms with van der Waals surface area (Å²) in [5.74, 6) is -0.985. The Morgan fingerprint density at radius 1 is 0.897 bits per heavy atom. The predicted octanol–water partition coefficient (Wildman–Crippen LogP) is 3.82. The van der Waals surface area contributed by atoms with E-state index in [2.05, 4.69) is 5.32 Å². The molecule has 0 unspecified atom stereocenters. The summed E-state index contributed by atoms with van der Waals surface area (Å²) >= 11 is 0. The van der Waals surface area contributed by atoms with Crippen molar-refractivity contribution in [3.8, 4) is 6.07 Å². The summed E-state index contributed by atoms with van der Waals surface area (Å²) in [6, 6.07) is 27.4. The number of hydrogen-bond acceptors (Lipinski definition) is 4. The van der Waals surface area contributed by atoms with E-state index in [1.165, 1.54) is 24.3 Å². The third-order valence-electron chi connectivity index (χ3n) is 4.40. The minimum absolute atomic E-state index is 0.236. The molecule has 0 aliphatic carbocycles. The zero-order valence-corrected chi connectivity index (χ0v) is 15.7. The number of carbonyl (C=O) groups excluding carboxylic acids is 2. The first-order valence-corrected chi connectivity index (χ1v) is 9.21. The summed E-state index contributed by atoms with van der Waals surface area (Å²) in [6.07, 6.45) is 0.625. The molecule has 1 amide bonds. The van der Waals surface area contributed by atoms with Crippen LogP contribution in [0.25, 0.3) is 0 Å². The molecule has 1 N–H and O–H groups in total. The average molecular weight is 384 g/mol. The van der Waals surface area contributed by atoms with Crippen molar-refractivity contribution < 1.29 is 14.3 Å². The van der Waals surface area contributed by atoms with E-state index >= 15 is 0 Å². The molecule has 0 saturated carbocycles. The van der Waals surface area contributed by atoms with Crippen molar-refractivity contribution in [2.24, 2.45) is 0 Å². The van der Waals surface area contributed by atoms with Gasteiger partial charge in [-0.15, -0.1) is 0 Å². The first kappa shape index (κ1) is 19.8. The molecule has 5 heteroatoms. The third kappa shape index (κ3) is 5.78. The van der Waals surface area contributed by atoms with Crippen LogP contribution >= 0.6 is 0 Å². The number of rotatable bonds is 7. The quantitative estimate of drug-likeness (QED) is 0.628. The Hall–Kier alpha value is -3.91. The lowest BCUT2D eigenvalue weighted by atomic mass is 9.99. The van der Waals surface area contributed by atoms with Crippen LogP contribution in [0, 0.1) is 11.3 Å². The first-order valence-electron chi connectivity index (χ1n) is 9.21. The fraction of sp³-hybridized carbons (Fsp3) is 0.125. The summed E-state index contributed by atoms with van der Waals surface area (Å²) in [4.78, 5) is 24.5. The number of nitriles is 1. The van der Waals surface area contributed by atoms with Crippen molar-refractivity contribution >= 4 is 11.9 Å². The lowest BCUT2D eigenvalue weighted by Gasteiger charge is -2.19. The van der Waals surface area contributed by atoms with Gasteiger partial charge in [-0.3, -0.25) is 4.79 Å². The van der Waals surface area contributed by atoms with Crippen molar-refractivity contribution in [1.29, 1.82) is 5.26 Å². The maximum Gasteiger partial charge on any atom is 0.338 e. The summed E-state index contributed by atoms with van der Waals surface area (Å²) in [6.45, 7) is -0.378. The van der Waals surface area contributed by atoms with Gasteiger partial charge in [-0.2, -0.15) is 5.26 Å². The van der Waals surface area contributed by atoms with Crippen LogP contribution in [0.4, 0.5) is 0 Å². The second-order valence-corrected chi connectivity index (χ2v) is 6.49. The molecule has 0 heterocycles. The predicted molar refractivity (Wildman–Crippen MR) is 109 cm³/mol. The van der Waals surface area contributed by atoms with Crippen LogP contribution in [0.2, 0.25) is 0 Å². The van der Waals surface area contributed by atoms with Gasteiger partial charge >= 0.3 is 5.97 Å². The molecule has 0 saturated heterocycles. The molecule has 3 rings (SSSR count).